The topological polar surface area (TPSA) is 102 Å². The first-order valence-electron chi connectivity index (χ1n) is 4.87. The first kappa shape index (κ1) is 16.6. The zero-order valence-corrected chi connectivity index (χ0v) is 11.7. The van der Waals surface area contributed by atoms with Gasteiger partial charge in [-0.3, -0.25) is 0 Å². The molecule has 0 rings (SSSR count). The predicted molar refractivity (Wildman–Crippen MR) is 63.7 cm³/mol. The van der Waals surface area contributed by atoms with Gasteiger partial charge in [-0.2, -0.15) is 13.9 Å². The highest BCUT2D eigenvalue weighted by molar-refractivity contribution is 7.73. The molecule has 0 aliphatic rings. The summed E-state index contributed by atoms with van der Waals surface area (Å²) in [6, 6.07) is 0. The highest BCUT2D eigenvalue weighted by Gasteiger charge is 2.30. The van der Waals surface area contributed by atoms with Crippen molar-refractivity contribution in [2.75, 3.05) is 46.0 Å². The van der Waals surface area contributed by atoms with Gasteiger partial charge in [-0.05, 0) is 0 Å². The summed E-state index contributed by atoms with van der Waals surface area (Å²) in [4.78, 5) is 20.4. The molecule has 0 amide bonds. The van der Waals surface area contributed by atoms with E-state index in [1.807, 2.05) is 0 Å². The number of rotatable bonds is 8. The Morgan fingerprint density at radius 3 is 2.25 bits per heavy atom. The molecule has 0 fully saturated rings. The van der Waals surface area contributed by atoms with E-state index < -0.39 is 34.8 Å². The van der Waals surface area contributed by atoms with Crippen LogP contribution in [0.15, 0.2) is 0 Å². The summed E-state index contributed by atoms with van der Waals surface area (Å²) in [7, 11) is -5.15. The fraction of sp³-hybridized carbons (Fsp3) is 1.00. The second kappa shape index (κ2) is 7.14. The van der Waals surface area contributed by atoms with Crippen molar-refractivity contribution in [1.29, 1.82) is 0 Å². The van der Waals surface area contributed by atoms with Crippen molar-refractivity contribution in [2.45, 2.75) is 6.10 Å². The molecule has 0 heterocycles. The number of hydrogen-bond donors (Lipinski definition) is 3. The molecule has 3 N–H and O–H groups in total. The molecular weight excluding hydrogens is 254 g/mol. The molecule has 0 spiro atoms. The molecule has 0 bridgehead atoms. The molecule has 0 radical (unpaired) electrons. The first-order valence-corrected chi connectivity index (χ1v) is 9.69. The van der Waals surface area contributed by atoms with Gasteiger partial charge >= 0.3 is 8.17 Å². The minimum atomic E-state index is -4.10. The third kappa shape index (κ3) is 9.82. The highest BCUT2D eigenvalue weighted by atomic mass is 31.2. The summed E-state index contributed by atoms with van der Waals surface area (Å²) in [5.41, 5.74) is 0. The van der Waals surface area contributed by atoms with Crippen LogP contribution >= 0.6 is 15.4 Å². The number of aliphatic hydroxyl groups excluding tert-OH is 2. The Morgan fingerprint density at radius 1 is 1.25 bits per heavy atom. The molecule has 0 saturated carbocycles. The zero-order chi connectivity index (χ0) is 12.8. The average molecular weight is 275 g/mol. The fourth-order valence-electron chi connectivity index (χ4n) is 0.700. The van der Waals surface area contributed by atoms with Gasteiger partial charge in [0, 0.05) is 27.3 Å². The van der Waals surface area contributed by atoms with E-state index in [2.05, 4.69) is 24.5 Å². The maximum atomic E-state index is 11.3. The van der Waals surface area contributed by atoms with E-state index >= 15 is 0 Å². The number of hydrogen-bond acceptors (Lipinski definition) is 6. The molecule has 0 aromatic heterocycles. The van der Waals surface area contributed by atoms with Crippen molar-refractivity contribution >= 4 is 15.4 Å². The van der Waals surface area contributed by atoms with E-state index in [1.165, 1.54) is 0 Å². The third-order valence-electron chi connectivity index (χ3n) is 1.66. The van der Waals surface area contributed by atoms with E-state index in [-0.39, 0.29) is 6.61 Å². The van der Waals surface area contributed by atoms with Crippen molar-refractivity contribution in [1.82, 2.24) is 0 Å². The van der Waals surface area contributed by atoms with Gasteiger partial charge in [0.15, 0.2) is 0 Å². The van der Waals surface area contributed by atoms with E-state index in [0.29, 0.717) is 0 Å². The van der Waals surface area contributed by atoms with Gasteiger partial charge in [0.2, 0.25) is 0 Å². The van der Waals surface area contributed by atoms with Crippen LogP contribution in [0.4, 0.5) is 0 Å². The summed E-state index contributed by atoms with van der Waals surface area (Å²) >= 11 is 0. The zero-order valence-electron chi connectivity index (χ0n) is 9.87. The lowest BCUT2D eigenvalue weighted by Crippen LogP contribution is -2.24. The monoisotopic (exact) mass is 275 g/mol. The number of phosphoric ester groups is 1. The van der Waals surface area contributed by atoms with Crippen molar-refractivity contribution in [2.24, 2.45) is 0 Å². The van der Waals surface area contributed by atoms with Gasteiger partial charge in [-0.1, -0.05) is 0 Å². The maximum Gasteiger partial charge on any atom is 0.377 e. The molecule has 16 heavy (non-hydrogen) atoms. The summed E-state index contributed by atoms with van der Waals surface area (Å²) in [6.45, 7) is 5.49. The minimum absolute atomic E-state index is 0.153. The maximum absolute atomic E-state index is 11.3. The van der Waals surface area contributed by atoms with Crippen LogP contribution in [0.1, 0.15) is 0 Å². The highest BCUT2D eigenvalue weighted by Crippen LogP contribution is 2.51. The second-order valence-corrected chi connectivity index (χ2v) is 10.9. The van der Waals surface area contributed by atoms with E-state index in [0.717, 1.165) is 6.16 Å². The molecule has 0 saturated heterocycles. The first-order chi connectivity index (χ1) is 7.16. The molecular formula is C8H21O6P2+. The van der Waals surface area contributed by atoms with Crippen LogP contribution in [0, 0.1) is 0 Å². The molecule has 1 unspecified atom stereocenters. The Bertz CT molecular complexity index is 193. The smallest absolute Gasteiger partial charge is 0.377 e. The van der Waals surface area contributed by atoms with Gasteiger partial charge in [0.25, 0.3) is 0 Å². The molecule has 2 atom stereocenters. The van der Waals surface area contributed by atoms with Crippen LogP contribution in [-0.4, -0.2) is 67.2 Å². The Morgan fingerprint density at radius 2 is 1.81 bits per heavy atom. The summed E-state index contributed by atoms with van der Waals surface area (Å²) in [6.07, 6.45) is -0.442. The number of phosphoric acid groups is 1. The van der Waals surface area contributed by atoms with Gasteiger partial charge in [0.05, 0.1) is 12.8 Å². The van der Waals surface area contributed by atoms with E-state index in [4.69, 9.17) is 14.7 Å². The molecule has 98 valence electrons. The van der Waals surface area contributed by atoms with Gasteiger partial charge in [-0.15, -0.1) is 0 Å². The lowest BCUT2D eigenvalue weighted by Gasteiger charge is -2.21. The van der Waals surface area contributed by atoms with Crippen LogP contribution in [0.3, 0.4) is 0 Å². The van der Waals surface area contributed by atoms with Crippen LogP contribution in [0.2, 0.25) is 0 Å². The van der Waals surface area contributed by atoms with Crippen molar-refractivity contribution < 1.29 is 29.0 Å². The molecule has 0 aliphatic heterocycles. The minimum Gasteiger partial charge on any atom is -0.606 e. The normalized spacial score (nSPS) is 18.2. The van der Waals surface area contributed by atoms with Gasteiger partial charge < -0.3 is 15.1 Å². The van der Waals surface area contributed by atoms with Crippen LogP contribution < -0.4 is 4.89 Å². The second-order valence-electron chi connectivity index (χ2n) is 4.45. The third-order valence-corrected chi connectivity index (χ3v) is 4.17. The molecule has 8 heteroatoms. The standard InChI is InChI=1S/C8H20O6P2/c1-15(2,3)5-4-13-16(11,12)14-7-8(10)6-9/h8-10H,4-7H2,1-3H3/p+1/t8-/m0/s1. The summed E-state index contributed by atoms with van der Waals surface area (Å²) < 4.78 is 9.21. The van der Waals surface area contributed by atoms with Gasteiger partial charge in [-0.25, -0.2) is 0 Å². The van der Waals surface area contributed by atoms with Crippen LogP contribution in [-0.2, 0) is 9.05 Å². The average Bonchev–Trinajstić information content (AvgIpc) is 2.12. The van der Waals surface area contributed by atoms with Crippen molar-refractivity contribution in [3.05, 3.63) is 0 Å². The number of aliphatic hydroxyl groups is 2. The van der Waals surface area contributed by atoms with E-state index in [1.54, 1.807) is 0 Å². The Labute approximate surface area is 97.2 Å². The fourth-order valence-corrected chi connectivity index (χ4v) is 2.24. The molecule has 0 aliphatic carbocycles. The van der Waals surface area contributed by atoms with Crippen molar-refractivity contribution in [3.8, 4) is 0 Å². The summed E-state index contributed by atoms with van der Waals surface area (Å²) in [5, 5.41) is 17.4. The lowest BCUT2D eigenvalue weighted by molar-refractivity contribution is -0.244. The molecule has 6 nitrogen and oxygen atoms in total. The molecule has 0 aromatic carbocycles. The summed E-state index contributed by atoms with van der Waals surface area (Å²) in [5.74, 6) is 0. The Kier molecular flexibility index (Phi) is 7.42. The van der Waals surface area contributed by atoms with Gasteiger partial charge in [0.1, 0.15) is 19.3 Å². The predicted octanol–water partition coefficient (Wildman–Crippen LogP) is -0.690. The Hall–Kier alpha value is 0.620. The van der Waals surface area contributed by atoms with E-state index in [9.17, 15) is 9.79 Å². The van der Waals surface area contributed by atoms with Crippen molar-refractivity contribution in [3.63, 3.8) is 0 Å². The van der Waals surface area contributed by atoms with Crippen LogP contribution in [0.25, 0.3) is 0 Å². The SMILES string of the molecule is C[P+](C)(C)CCO[P+]([O-])(O)OC[C@@H](O)CO. The lowest BCUT2D eigenvalue weighted by atomic mass is 10.4. The largest absolute Gasteiger partial charge is 0.606 e. The quantitative estimate of drug-likeness (QED) is 0.507. The molecule has 0 aromatic rings. The Balaban J connectivity index is 3.78. The van der Waals surface area contributed by atoms with Crippen LogP contribution in [0.5, 0.6) is 0 Å².